The van der Waals surface area contributed by atoms with Crippen LogP contribution in [0.15, 0.2) is 84.9 Å². The summed E-state index contributed by atoms with van der Waals surface area (Å²) in [5.41, 5.74) is 2.49. The summed E-state index contributed by atoms with van der Waals surface area (Å²) < 4.78 is 0. The van der Waals surface area contributed by atoms with Gasteiger partial charge < -0.3 is 0 Å². The molecule has 23 heavy (non-hydrogen) atoms. The van der Waals surface area contributed by atoms with Gasteiger partial charge in [0, 0.05) is 13.1 Å². The van der Waals surface area contributed by atoms with Crippen molar-refractivity contribution in [3.05, 3.63) is 96.1 Å². The number of rotatable bonds is 6. The first-order chi connectivity index (χ1) is 11.3. The van der Waals surface area contributed by atoms with E-state index < -0.39 is 0 Å². The molecule has 2 nitrogen and oxygen atoms in total. The van der Waals surface area contributed by atoms with E-state index in [4.69, 9.17) is 5.84 Å². The topological polar surface area (TPSA) is 29.3 Å². The smallest absolute Gasteiger partial charge is 0.121 e. The summed E-state index contributed by atoms with van der Waals surface area (Å²) >= 11 is 0. The van der Waals surface area contributed by atoms with Gasteiger partial charge >= 0.3 is 0 Å². The molecule has 2 radical (unpaired) electrons. The summed E-state index contributed by atoms with van der Waals surface area (Å²) in [5, 5.41) is 4.57. The third kappa shape index (κ3) is 4.89. The van der Waals surface area contributed by atoms with E-state index in [-0.39, 0.29) is 0 Å². The second-order valence-corrected chi connectivity index (χ2v) is 6.99. The number of hydrogen-bond donors (Lipinski definition) is 1. The zero-order valence-corrected chi connectivity index (χ0v) is 14.0. The fraction of sp³-hybridized carbons (Fsp3) is 0.100. The molecule has 0 heterocycles. The Labute approximate surface area is 140 Å². The highest BCUT2D eigenvalue weighted by molar-refractivity contribution is 6.67. The highest BCUT2D eigenvalue weighted by Crippen LogP contribution is 2.05. The first kappa shape index (κ1) is 15.7. The van der Waals surface area contributed by atoms with Crippen LogP contribution in [-0.4, -0.2) is 14.5 Å². The van der Waals surface area contributed by atoms with Crippen molar-refractivity contribution in [2.45, 2.75) is 13.1 Å². The molecule has 0 bridgehead atoms. The molecule has 0 saturated heterocycles. The van der Waals surface area contributed by atoms with Crippen molar-refractivity contribution in [2.75, 3.05) is 0 Å². The van der Waals surface area contributed by atoms with Gasteiger partial charge in [0.2, 0.25) is 0 Å². The van der Waals surface area contributed by atoms with Crippen LogP contribution in [0.2, 0.25) is 0 Å². The average molecular weight is 316 g/mol. The first-order valence-corrected chi connectivity index (χ1v) is 8.74. The van der Waals surface area contributed by atoms with Crippen LogP contribution >= 0.6 is 0 Å². The predicted octanol–water partition coefficient (Wildman–Crippen LogP) is 2.22. The Morgan fingerprint density at radius 3 is 1.96 bits per heavy atom. The zero-order valence-electron chi connectivity index (χ0n) is 13.0. The summed E-state index contributed by atoms with van der Waals surface area (Å²) in [5.74, 6) is 6.18. The molecule has 0 unspecified atom stereocenters. The van der Waals surface area contributed by atoms with Crippen LogP contribution in [0.3, 0.4) is 0 Å². The highest BCUT2D eigenvalue weighted by Gasteiger charge is 2.04. The SMILES string of the molecule is NN(Cc1ccccc1)Cc1cccc([Si]c2ccccc2)c1. The molecule has 3 heteroatoms. The summed E-state index contributed by atoms with van der Waals surface area (Å²) in [6.07, 6.45) is 0. The maximum atomic E-state index is 6.18. The van der Waals surface area contributed by atoms with Gasteiger partial charge in [-0.2, -0.15) is 0 Å². The lowest BCUT2D eigenvalue weighted by molar-refractivity contribution is 0.266. The molecule has 0 fully saturated rings. The van der Waals surface area contributed by atoms with Crippen LogP contribution < -0.4 is 16.2 Å². The lowest BCUT2D eigenvalue weighted by Crippen LogP contribution is -2.31. The zero-order chi connectivity index (χ0) is 15.9. The van der Waals surface area contributed by atoms with Crippen molar-refractivity contribution < 1.29 is 0 Å². The van der Waals surface area contributed by atoms with Gasteiger partial charge in [-0.3, -0.25) is 5.84 Å². The molecule has 2 N–H and O–H groups in total. The molecule has 0 spiro atoms. The minimum Gasteiger partial charge on any atom is -0.268 e. The summed E-state index contributed by atoms with van der Waals surface area (Å²) in [7, 11) is 0.684. The molecule has 0 aliphatic heterocycles. The summed E-state index contributed by atoms with van der Waals surface area (Å²) in [4.78, 5) is 0. The lowest BCUT2D eigenvalue weighted by atomic mass is 10.2. The third-order valence-electron chi connectivity index (χ3n) is 3.60. The van der Waals surface area contributed by atoms with Crippen LogP contribution in [0.25, 0.3) is 0 Å². The van der Waals surface area contributed by atoms with Crippen molar-refractivity contribution >= 4 is 19.9 Å². The van der Waals surface area contributed by atoms with Crippen molar-refractivity contribution in [3.8, 4) is 0 Å². The van der Waals surface area contributed by atoms with E-state index in [2.05, 4.69) is 66.7 Å². The van der Waals surface area contributed by atoms with E-state index in [1.165, 1.54) is 21.5 Å². The van der Waals surface area contributed by atoms with Crippen LogP contribution in [0.1, 0.15) is 11.1 Å². The van der Waals surface area contributed by atoms with Gasteiger partial charge in [0.15, 0.2) is 0 Å². The Balaban J connectivity index is 1.63. The predicted molar refractivity (Wildman–Crippen MR) is 97.8 cm³/mol. The van der Waals surface area contributed by atoms with Gasteiger partial charge in [-0.25, -0.2) is 5.01 Å². The van der Waals surface area contributed by atoms with Crippen molar-refractivity contribution in [1.29, 1.82) is 0 Å². The molecule has 0 amide bonds. The Bertz CT molecular complexity index is 729. The minimum absolute atomic E-state index is 0.684. The van der Waals surface area contributed by atoms with Crippen LogP contribution in [0.5, 0.6) is 0 Å². The Morgan fingerprint density at radius 1 is 0.652 bits per heavy atom. The third-order valence-corrected chi connectivity index (χ3v) is 4.83. The maximum Gasteiger partial charge on any atom is 0.121 e. The second-order valence-electron chi connectivity index (χ2n) is 5.58. The summed E-state index contributed by atoms with van der Waals surface area (Å²) in [6.45, 7) is 1.51. The molecule has 0 aliphatic carbocycles. The molecule has 114 valence electrons. The van der Waals surface area contributed by atoms with Crippen molar-refractivity contribution in [3.63, 3.8) is 0 Å². The molecule has 3 aromatic rings. The fourth-order valence-corrected chi connectivity index (χ4v) is 3.67. The quantitative estimate of drug-likeness (QED) is 0.429. The van der Waals surface area contributed by atoms with Gasteiger partial charge in [-0.1, -0.05) is 95.3 Å². The molecule has 0 aliphatic rings. The highest BCUT2D eigenvalue weighted by atomic mass is 28.2. The number of nitrogens with two attached hydrogens (primary N) is 1. The molecule has 3 aromatic carbocycles. The average Bonchev–Trinajstić information content (AvgIpc) is 2.57. The van der Waals surface area contributed by atoms with E-state index in [1.54, 1.807) is 0 Å². The van der Waals surface area contributed by atoms with E-state index >= 15 is 0 Å². The Kier molecular flexibility index (Phi) is 5.37. The number of benzene rings is 3. The number of hydrazine groups is 1. The molecular weight excluding hydrogens is 296 g/mol. The fourth-order valence-electron chi connectivity index (χ4n) is 2.54. The van der Waals surface area contributed by atoms with E-state index in [1.807, 2.05) is 23.2 Å². The van der Waals surface area contributed by atoms with Gasteiger partial charge in [0.25, 0.3) is 0 Å². The first-order valence-electron chi connectivity index (χ1n) is 7.74. The molecular formula is C20H20N2Si. The maximum absolute atomic E-state index is 6.18. The van der Waals surface area contributed by atoms with Gasteiger partial charge in [0.1, 0.15) is 9.52 Å². The van der Waals surface area contributed by atoms with E-state index in [0.29, 0.717) is 9.52 Å². The van der Waals surface area contributed by atoms with Gasteiger partial charge in [-0.05, 0) is 11.1 Å². The lowest BCUT2D eigenvalue weighted by Gasteiger charge is -2.17. The molecule has 0 aromatic heterocycles. The van der Waals surface area contributed by atoms with Crippen molar-refractivity contribution in [2.24, 2.45) is 5.84 Å². The van der Waals surface area contributed by atoms with Gasteiger partial charge in [0.05, 0.1) is 0 Å². The number of nitrogens with zero attached hydrogens (tertiary/aromatic N) is 1. The monoisotopic (exact) mass is 316 g/mol. The Hall–Kier alpha value is -2.20. The molecule has 0 saturated carbocycles. The normalized spacial score (nSPS) is 10.9. The van der Waals surface area contributed by atoms with Gasteiger partial charge in [-0.15, -0.1) is 0 Å². The van der Waals surface area contributed by atoms with Crippen molar-refractivity contribution in [1.82, 2.24) is 5.01 Å². The van der Waals surface area contributed by atoms with E-state index in [0.717, 1.165) is 13.1 Å². The van der Waals surface area contributed by atoms with E-state index in [9.17, 15) is 0 Å². The molecule has 0 atom stereocenters. The van der Waals surface area contributed by atoms with Crippen LogP contribution in [-0.2, 0) is 13.1 Å². The second kappa shape index (κ2) is 7.88. The molecule has 3 rings (SSSR count). The van der Waals surface area contributed by atoms with Crippen LogP contribution in [0.4, 0.5) is 0 Å². The Morgan fingerprint density at radius 2 is 1.22 bits per heavy atom. The number of hydrogen-bond acceptors (Lipinski definition) is 2. The van der Waals surface area contributed by atoms with Crippen LogP contribution in [0, 0.1) is 0 Å². The minimum atomic E-state index is 0.684. The standard InChI is InChI=1S/C20H20N2Si/c21-22(15-17-8-3-1-4-9-17)16-18-10-7-13-20(14-18)23-19-11-5-2-6-12-19/h1-14H,15-16,21H2. The summed E-state index contributed by atoms with van der Waals surface area (Å²) in [6, 6.07) is 29.6. The largest absolute Gasteiger partial charge is 0.268 e.